The second kappa shape index (κ2) is 7.65. The Bertz CT molecular complexity index is 832. The molecular formula is C18H22N6O2. The molecule has 1 aliphatic heterocycles. The summed E-state index contributed by atoms with van der Waals surface area (Å²) in [7, 11) is 0. The van der Waals surface area contributed by atoms with Gasteiger partial charge in [-0.05, 0) is 38.4 Å². The SMILES string of the molecule is CC1CCCCN1CCOc1ccccc1-c1nc(-c2ncn[nH]2)no1. The van der Waals surface area contributed by atoms with Crippen LogP contribution >= 0.6 is 0 Å². The van der Waals surface area contributed by atoms with Crippen molar-refractivity contribution >= 4 is 0 Å². The number of aromatic nitrogens is 5. The van der Waals surface area contributed by atoms with Crippen molar-refractivity contribution in [1.29, 1.82) is 0 Å². The highest BCUT2D eigenvalue weighted by Gasteiger charge is 2.19. The van der Waals surface area contributed by atoms with Gasteiger partial charge in [0.25, 0.3) is 5.89 Å². The highest BCUT2D eigenvalue weighted by atomic mass is 16.5. The predicted molar refractivity (Wildman–Crippen MR) is 95.5 cm³/mol. The predicted octanol–water partition coefficient (Wildman–Crippen LogP) is 2.77. The van der Waals surface area contributed by atoms with Gasteiger partial charge in [0, 0.05) is 12.6 Å². The molecule has 1 aromatic carbocycles. The molecule has 0 spiro atoms. The highest BCUT2D eigenvalue weighted by molar-refractivity contribution is 5.63. The number of rotatable bonds is 6. The molecule has 0 amide bonds. The number of para-hydroxylation sites is 1. The average molecular weight is 354 g/mol. The van der Waals surface area contributed by atoms with E-state index in [0.29, 0.717) is 30.2 Å². The summed E-state index contributed by atoms with van der Waals surface area (Å²) in [5.41, 5.74) is 0.775. The van der Waals surface area contributed by atoms with Gasteiger partial charge in [-0.15, -0.1) is 0 Å². The summed E-state index contributed by atoms with van der Waals surface area (Å²) in [4.78, 5) is 10.9. The van der Waals surface area contributed by atoms with Gasteiger partial charge in [-0.3, -0.25) is 10.00 Å². The lowest BCUT2D eigenvalue weighted by Gasteiger charge is -2.33. The van der Waals surface area contributed by atoms with Crippen molar-refractivity contribution in [2.45, 2.75) is 32.2 Å². The van der Waals surface area contributed by atoms with Crippen LogP contribution in [0.1, 0.15) is 26.2 Å². The summed E-state index contributed by atoms with van der Waals surface area (Å²) in [6.07, 6.45) is 5.27. The van der Waals surface area contributed by atoms with E-state index in [-0.39, 0.29) is 0 Å². The number of benzene rings is 1. The Morgan fingerprint density at radius 2 is 2.23 bits per heavy atom. The molecular weight excluding hydrogens is 332 g/mol. The lowest BCUT2D eigenvalue weighted by molar-refractivity contribution is 0.133. The fraction of sp³-hybridized carbons (Fsp3) is 0.444. The van der Waals surface area contributed by atoms with Crippen LogP contribution in [-0.2, 0) is 0 Å². The van der Waals surface area contributed by atoms with Gasteiger partial charge >= 0.3 is 0 Å². The van der Waals surface area contributed by atoms with E-state index in [1.54, 1.807) is 0 Å². The number of piperidine rings is 1. The van der Waals surface area contributed by atoms with Crippen molar-refractivity contribution in [3.8, 4) is 28.9 Å². The minimum atomic E-state index is 0.370. The first-order valence-corrected chi connectivity index (χ1v) is 8.97. The third-order valence-corrected chi connectivity index (χ3v) is 4.75. The van der Waals surface area contributed by atoms with E-state index in [9.17, 15) is 0 Å². The number of nitrogens with one attached hydrogen (secondary N) is 1. The molecule has 1 saturated heterocycles. The number of hydrogen-bond acceptors (Lipinski definition) is 7. The zero-order valence-corrected chi connectivity index (χ0v) is 14.8. The lowest BCUT2D eigenvalue weighted by Crippen LogP contribution is -2.39. The smallest absolute Gasteiger partial charge is 0.262 e. The Hall–Kier alpha value is -2.74. The molecule has 1 fully saturated rings. The van der Waals surface area contributed by atoms with Crippen LogP contribution in [-0.4, -0.2) is 56.0 Å². The average Bonchev–Trinajstić information content (AvgIpc) is 3.35. The first kappa shape index (κ1) is 16.7. The molecule has 8 heteroatoms. The van der Waals surface area contributed by atoms with E-state index < -0.39 is 0 Å². The molecule has 3 aromatic rings. The molecule has 1 atom stereocenters. The van der Waals surface area contributed by atoms with Crippen LogP contribution in [0.4, 0.5) is 0 Å². The summed E-state index contributed by atoms with van der Waals surface area (Å²) in [5.74, 6) is 1.98. The minimum absolute atomic E-state index is 0.370. The monoisotopic (exact) mass is 354 g/mol. The van der Waals surface area contributed by atoms with Crippen molar-refractivity contribution in [3.05, 3.63) is 30.6 Å². The Balaban J connectivity index is 1.45. The summed E-state index contributed by atoms with van der Waals surface area (Å²) in [5, 5.41) is 10.5. The summed E-state index contributed by atoms with van der Waals surface area (Å²) < 4.78 is 11.4. The van der Waals surface area contributed by atoms with Gasteiger partial charge in [0.15, 0.2) is 5.82 Å². The fourth-order valence-corrected chi connectivity index (χ4v) is 3.27. The van der Waals surface area contributed by atoms with Gasteiger partial charge < -0.3 is 9.26 Å². The van der Waals surface area contributed by atoms with Crippen molar-refractivity contribution in [2.75, 3.05) is 19.7 Å². The number of likely N-dealkylation sites (tertiary alicyclic amines) is 1. The van der Waals surface area contributed by atoms with E-state index in [2.05, 4.69) is 37.1 Å². The molecule has 1 unspecified atom stereocenters. The van der Waals surface area contributed by atoms with E-state index in [1.807, 2.05) is 24.3 Å². The van der Waals surface area contributed by atoms with Crippen molar-refractivity contribution in [2.24, 2.45) is 0 Å². The summed E-state index contributed by atoms with van der Waals surface area (Å²) in [6.45, 7) is 4.99. The molecule has 1 aliphatic rings. The van der Waals surface area contributed by atoms with Crippen LogP contribution in [0.25, 0.3) is 23.1 Å². The third-order valence-electron chi connectivity index (χ3n) is 4.75. The standard InChI is InChI=1S/C18H22N6O2/c1-13-6-4-5-9-24(13)10-11-25-15-8-3-2-7-14(15)18-21-17(23-26-18)16-19-12-20-22-16/h2-3,7-8,12-13H,4-6,9-11H2,1H3,(H,19,20,22). The number of nitrogens with zero attached hydrogens (tertiary/aromatic N) is 5. The van der Waals surface area contributed by atoms with Gasteiger partial charge in [0.1, 0.15) is 18.7 Å². The Kier molecular flexibility index (Phi) is 4.92. The molecule has 26 heavy (non-hydrogen) atoms. The molecule has 0 bridgehead atoms. The number of ether oxygens (including phenoxy) is 1. The van der Waals surface area contributed by atoms with Crippen molar-refractivity contribution < 1.29 is 9.26 Å². The van der Waals surface area contributed by atoms with Crippen LogP contribution in [0.2, 0.25) is 0 Å². The first-order chi connectivity index (χ1) is 12.8. The van der Waals surface area contributed by atoms with Gasteiger partial charge in [-0.1, -0.05) is 23.7 Å². The molecule has 3 heterocycles. The number of hydrogen-bond donors (Lipinski definition) is 1. The van der Waals surface area contributed by atoms with E-state index in [1.165, 1.54) is 25.6 Å². The molecule has 1 N–H and O–H groups in total. The molecule has 4 rings (SSSR count). The molecule has 0 aliphatic carbocycles. The summed E-state index contributed by atoms with van der Waals surface area (Å²) >= 11 is 0. The van der Waals surface area contributed by atoms with Gasteiger partial charge in [-0.25, -0.2) is 4.98 Å². The van der Waals surface area contributed by atoms with Gasteiger partial charge in [0.05, 0.1) is 5.56 Å². The number of aromatic amines is 1. The zero-order valence-electron chi connectivity index (χ0n) is 14.8. The second-order valence-corrected chi connectivity index (χ2v) is 6.48. The lowest BCUT2D eigenvalue weighted by atomic mass is 10.0. The zero-order chi connectivity index (χ0) is 17.8. The first-order valence-electron chi connectivity index (χ1n) is 8.97. The Labute approximate surface area is 151 Å². The quantitative estimate of drug-likeness (QED) is 0.727. The van der Waals surface area contributed by atoms with Crippen LogP contribution in [0.3, 0.4) is 0 Å². The molecule has 136 valence electrons. The largest absolute Gasteiger partial charge is 0.491 e. The van der Waals surface area contributed by atoms with Crippen LogP contribution in [0, 0.1) is 0 Å². The minimum Gasteiger partial charge on any atom is -0.491 e. The highest BCUT2D eigenvalue weighted by Crippen LogP contribution is 2.29. The van der Waals surface area contributed by atoms with E-state index in [4.69, 9.17) is 9.26 Å². The number of H-pyrrole nitrogens is 1. The molecule has 8 nitrogen and oxygen atoms in total. The second-order valence-electron chi connectivity index (χ2n) is 6.48. The van der Waals surface area contributed by atoms with Gasteiger partial charge in [0.2, 0.25) is 5.82 Å². The maximum atomic E-state index is 6.04. The van der Waals surface area contributed by atoms with E-state index in [0.717, 1.165) is 24.4 Å². The van der Waals surface area contributed by atoms with E-state index >= 15 is 0 Å². The maximum Gasteiger partial charge on any atom is 0.262 e. The molecule has 0 saturated carbocycles. The Morgan fingerprint density at radius 3 is 3.08 bits per heavy atom. The maximum absolute atomic E-state index is 6.04. The van der Waals surface area contributed by atoms with Gasteiger partial charge in [-0.2, -0.15) is 10.1 Å². The normalized spacial score (nSPS) is 18.1. The van der Waals surface area contributed by atoms with Crippen molar-refractivity contribution in [1.82, 2.24) is 30.2 Å². The topological polar surface area (TPSA) is 93.0 Å². The fourth-order valence-electron chi connectivity index (χ4n) is 3.27. The summed E-state index contributed by atoms with van der Waals surface area (Å²) in [6, 6.07) is 8.33. The molecule has 0 radical (unpaired) electrons. The van der Waals surface area contributed by atoms with Crippen molar-refractivity contribution in [3.63, 3.8) is 0 Å². The van der Waals surface area contributed by atoms with Crippen LogP contribution in [0.5, 0.6) is 5.75 Å². The molecule has 2 aromatic heterocycles. The third kappa shape index (κ3) is 3.60. The Morgan fingerprint density at radius 1 is 1.31 bits per heavy atom. The van der Waals surface area contributed by atoms with Crippen LogP contribution < -0.4 is 4.74 Å². The van der Waals surface area contributed by atoms with Crippen LogP contribution in [0.15, 0.2) is 35.1 Å².